The highest BCUT2D eigenvalue weighted by atomic mass is 35.5. The van der Waals surface area contributed by atoms with E-state index in [-0.39, 0.29) is 11.7 Å². The van der Waals surface area contributed by atoms with Crippen molar-refractivity contribution in [1.82, 2.24) is 0 Å². The maximum absolute atomic E-state index is 12.3. The number of hydrogen-bond acceptors (Lipinski definition) is 4. The first-order valence-corrected chi connectivity index (χ1v) is 8.56. The first-order valence-electron chi connectivity index (χ1n) is 8.18. The van der Waals surface area contributed by atoms with Crippen molar-refractivity contribution in [3.05, 3.63) is 34.9 Å². The van der Waals surface area contributed by atoms with Gasteiger partial charge >= 0.3 is 0 Å². The van der Waals surface area contributed by atoms with Gasteiger partial charge in [-0.2, -0.15) is 0 Å². The summed E-state index contributed by atoms with van der Waals surface area (Å²) in [4.78, 5) is 23.5. The lowest BCUT2D eigenvalue weighted by molar-refractivity contribution is -0.125. The van der Waals surface area contributed by atoms with Crippen molar-refractivity contribution in [3.63, 3.8) is 0 Å². The van der Waals surface area contributed by atoms with Gasteiger partial charge in [0.1, 0.15) is 12.4 Å². The molecule has 1 aromatic carbocycles. The number of nitrogens with two attached hydrogens (primary N) is 1. The molecule has 3 N–H and O–H groups in total. The summed E-state index contributed by atoms with van der Waals surface area (Å²) in [7, 11) is 0. The highest BCUT2D eigenvalue weighted by Crippen LogP contribution is 2.36. The molecule has 23 heavy (non-hydrogen) atoms. The van der Waals surface area contributed by atoms with Crippen LogP contribution in [0.25, 0.3) is 0 Å². The van der Waals surface area contributed by atoms with Gasteiger partial charge in [-0.05, 0) is 55.7 Å². The molecular weight excluding hydrogens is 314 g/mol. The second-order valence-electron chi connectivity index (χ2n) is 6.34. The lowest BCUT2D eigenvalue weighted by atomic mass is 9.76. The second-order valence-corrected chi connectivity index (χ2v) is 6.77. The van der Waals surface area contributed by atoms with Gasteiger partial charge in [0.25, 0.3) is 0 Å². The van der Waals surface area contributed by atoms with Gasteiger partial charge < -0.3 is 10.8 Å². The third-order valence-corrected chi connectivity index (χ3v) is 5.05. The second kappa shape index (κ2) is 8.57. The SMILES string of the molecule is N[C@H](CCC(=O)C1CCC(c2ccc(Cl)cc2)CC1)C(=O)CO. The number of ketones is 2. The first kappa shape index (κ1) is 18.1. The van der Waals surface area contributed by atoms with Crippen molar-refractivity contribution >= 4 is 23.2 Å². The summed E-state index contributed by atoms with van der Waals surface area (Å²) < 4.78 is 0. The summed E-state index contributed by atoms with van der Waals surface area (Å²) in [6.07, 6.45) is 4.42. The zero-order valence-electron chi connectivity index (χ0n) is 13.2. The van der Waals surface area contributed by atoms with Crippen molar-refractivity contribution in [2.45, 2.75) is 50.5 Å². The van der Waals surface area contributed by atoms with Crippen LogP contribution < -0.4 is 5.73 Å². The minimum absolute atomic E-state index is 0.0787. The highest BCUT2D eigenvalue weighted by molar-refractivity contribution is 6.30. The Morgan fingerprint density at radius 3 is 2.35 bits per heavy atom. The van der Waals surface area contributed by atoms with E-state index in [1.807, 2.05) is 12.1 Å². The van der Waals surface area contributed by atoms with Gasteiger partial charge in [0.15, 0.2) is 5.78 Å². The average molecular weight is 338 g/mol. The molecule has 1 fully saturated rings. The molecule has 5 heteroatoms. The fourth-order valence-corrected chi connectivity index (χ4v) is 3.39. The van der Waals surface area contributed by atoms with Crippen LogP contribution in [0, 0.1) is 5.92 Å². The Hall–Kier alpha value is -1.23. The van der Waals surface area contributed by atoms with E-state index in [0.29, 0.717) is 18.8 Å². The van der Waals surface area contributed by atoms with Crippen LogP contribution in [0.3, 0.4) is 0 Å². The van der Waals surface area contributed by atoms with Crippen molar-refractivity contribution in [2.75, 3.05) is 6.61 Å². The van der Waals surface area contributed by atoms with Crippen LogP contribution in [0.2, 0.25) is 5.02 Å². The van der Waals surface area contributed by atoms with Gasteiger partial charge in [-0.1, -0.05) is 23.7 Å². The van der Waals surface area contributed by atoms with Gasteiger partial charge in [0.05, 0.1) is 6.04 Å². The van der Waals surface area contributed by atoms with Crippen LogP contribution in [0.5, 0.6) is 0 Å². The third kappa shape index (κ3) is 5.13. The number of rotatable bonds is 7. The molecule has 0 aliphatic heterocycles. The number of aliphatic hydroxyl groups is 1. The number of carbonyl (C=O) groups is 2. The van der Waals surface area contributed by atoms with Crippen molar-refractivity contribution in [2.24, 2.45) is 11.7 Å². The lowest BCUT2D eigenvalue weighted by Crippen LogP contribution is -2.34. The smallest absolute Gasteiger partial charge is 0.174 e. The zero-order valence-corrected chi connectivity index (χ0v) is 14.0. The Morgan fingerprint density at radius 1 is 1.17 bits per heavy atom. The van der Waals surface area contributed by atoms with E-state index in [9.17, 15) is 9.59 Å². The maximum atomic E-state index is 12.3. The summed E-state index contributed by atoms with van der Waals surface area (Å²) in [6.45, 7) is -0.554. The molecule has 1 saturated carbocycles. The maximum Gasteiger partial charge on any atom is 0.174 e. The van der Waals surface area contributed by atoms with Gasteiger partial charge in [0.2, 0.25) is 0 Å². The standard InChI is InChI=1S/C18H24ClNO3/c19-15-7-5-13(6-8-15)12-1-3-14(4-2-12)17(22)10-9-16(20)18(23)11-21/h5-8,12,14,16,21H,1-4,9-11,20H2/t12?,14?,16-/m1/s1. The molecule has 0 heterocycles. The molecule has 0 amide bonds. The molecule has 1 aliphatic carbocycles. The predicted octanol–water partition coefficient (Wildman–Crippen LogP) is 2.85. The van der Waals surface area contributed by atoms with Crippen LogP contribution in [0.1, 0.15) is 50.0 Å². The molecule has 0 aromatic heterocycles. The van der Waals surface area contributed by atoms with Crippen LogP contribution in [-0.2, 0) is 9.59 Å². The zero-order chi connectivity index (χ0) is 16.8. The summed E-state index contributed by atoms with van der Waals surface area (Å²) in [6, 6.07) is 7.22. The Kier molecular flexibility index (Phi) is 6.75. The molecule has 4 nitrogen and oxygen atoms in total. The minimum Gasteiger partial charge on any atom is -0.389 e. The molecule has 2 rings (SSSR count). The molecule has 1 aromatic rings. The van der Waals surface area contributed by atoms with E-state index in [1.54, 1.807) is 0 Å². The fraction of sp³-hybridized carbons (Fsp3) is 0.556. The monoisotopic (exact) mass is 337 g/mol. The molecular formula is C18H24ClNO3. The average Bonchev–Trinajstić information content (AvgIpc) is 2.59. The van der Waals surface area contributed by atoms with E-state index in [4.69, 9.17) is 22.4 Å². The lowest BCUT2D eigenvalue weighted by Gasteiger charge is -2.28. The van der Waals surface area contributed by atoms with Crippen molar-refractivity contribution in [1.29, 1.82) is 0 Å². The van der Waals surface area contributed by atoms with E-state index in [2.05, 4.69) is 12.1 Å². The summed E-state index contributed by atoms with van der Waals surface area (Å²) in [5, 5.41) is 9.49. The summed E-state index contributed by atoms with van der Waals surface area (Å²) in [5.74, 6) is 0.370. The van der Waals surface area contributed by atoms with Crippen molar-refractivity contribution in [3.8, 4) is 0 Å². The Labute approximate surface area is 142 Å². The molecule has 126 valence electrons. The number of benzene rings is 1. The van der Waals surface area contributed by atoms with Gasteiger partial charge in [0, 0.05) is 17.4 Å². The molecule has 0 radical (unpaired) electrons. The number of carbonyl (C=O) groups excluding carboxylic acids is 2. The van der Waals surface area contributed by atoms with Gasteiger partial charge in [-0.15, -0.1) is 0 Å². The first-order chi connectivity index (χ1) is 11.0. The molecule has 1 atom stereocenters. The fourth-order valence-electron chi connectivity index (χ4n) is 3.26. The van der Waals surface area contributed by atoms with Crippen LogP contribution in [-0.4, -0.2) is 29.3 Å². The summed E-state index contributed by atoms with van der Waals surface area (Å²) in [5.41, 5.74) is 6.93. The topological polar surface area (TPSA) is 80.4 Å². The number of halogens is 1. The van der Waals surface area contributed by atoms with Gasteiger partial charge in [-0.3, -0.25) is 9.59 Å². The Morgan fingerprint density at radius 2 is 1.78 bits per heavy atom. The van der Waals surface area contributed by atoms with Gasteiger partial charge in [-0.25, -0.2) is 0 Å². The minimum atomic E-state index is -0.727. The molecule has 0 bridgehead atoms. The van der Waals surface area contributed by atoms with Crippen LogP contribution in [0.15, 0.2) is 24.3 Å². The highest BCUT2D eigenvalue weighted by Gasteiger charge is 2.27. The van der Waals surface area contributed by atoms with E-state index in [0.717, 1.165) is 30.7 Å². The largest absolute Gasteiger partial charge is 0.389 e. The summed E-state index contributed by atoms with van der Waals surface area (Å²) >= 11 is 5.91. The quantitative estimate of drug-likeness (QED) is 0.801. The normalized spacial score (nSPS) is 22.6. The Balaban J connectivity index is 1.78. The number of aliphatic hydroxyl groups excluding tert-OH is 1. The van der Waals surface area contributed by atoms with Crippen LogP contribution in [0.4, 0.5) is 0 Å². The molecule has 0 saturated heterocycles. The van der Waals surface area contributed by atoms with E-state index in [1.165, 1.54) is 5.56 Å². The Bertz CT molecular complexity index is 536. The molecule has 0 spiro atoms. The molecule has 1 aliphatic rings. The van der Waals surface area contributed by atoms with Crippen LogP contribution >= 0.6 is 11.6 Å². The third-order valence-electron chi connectivity index (χ3n) is 4.80. The molecule has 0 unspecified atom stereocenters. The predicted molar refractivity (Wildman–Crippen MR) is 90.5 cm³/mol. The number of hydrogen-bond donors (Lipinski definition) is 2. The van der Waals surface area contributed by atoms with E-state index >= 15 is 0 Å². The van der Waals surface area contributed by atoms with Crippen molar-refractivity contribution < 1.29 is 14.7 Å². The van der Waals surface area contributed by atoms with E-state index < -0.39 is 18.4 Å². The number of Topliss-reactive ketones (excluding diaryl/α,β-unsaturated/α-hetero) is 2.